The van der Waals surface area contributed by atoms with E-state index in [2.05, 4.69) is 10.6 Å². The summed E-state index contributed by atoms with van der Waals surface area (Å²) in [5.41, 5.74) is 2.69. The van der Waals surface area contributed by atoms with Crippen molar-refractivity contribution >= 4 is 17.3 Å². The summed E-state index contributed by atoms with van der Waals surface area (Å²) in [6, 6.07) is 24.9. The van der Waals surface area contributed by atoms with Crippen molar-refractivity contribution in [2.45, 2.75) is 25.6 Å². The predicted octanol–water partition coefficient (Wildman–Crippen LogP) is 4.87. The summed E-state index contributed by atoms with van der Waals surface area (Å²) < 4.78 is 17.1. The molecule has 32 heavy (non-hydrogen) atoms. The number of hydrogen-bond acceptors (Lipinski definition) is 5. The van der Waals surface area contributed by atoms with Crippen LogP contribution in [0, 0.1) is 0 Å². The highest BCUT2D eigenvalue weighted by atomic mass is 16.5. The lowest BCUT2D eigenvalue weighted by molar-refractivity contribution is -0.114. The zero-order valence-corrected chi connectivity index (χ0v) is 18.0. The minimum Gasteiger partial charge on any atom is -0.491 e. The van der Waals surface area contributed by atoms with Gasteiger partial charge < -0.3 is 24.8 Å². The lowest BCUT2D eigenvalue weighted by Gasteiger charge is -2.12. The molecular formula is C26H28N2O4. The van der Waals surface area contributed by atoms with Gasteiger partial charge in [-0.15, -0.1) is 0 Å². The quantitative estimate of drug-likeness (QED) is 0.478. The van der Waals surface area contributed by atoms with Crippen LogP contribution in [0.5, 0.6) is 11.5 Å². The molecule has 0 aromatic heterocycles. The Morgan fingerprint density at radius 3 is 2.25 bits per heavy atom. The standard InChI is InChI=1S/C26H28N2O4/c29-26(17-27-21-8-12-24(13-9-21)32-19-25-7-4-16-30-25)28-22-10-14-23(15-11-22)31-18-20-5-2-1-3-6-20/h1-3,5-6,8-15,25,27H,4,7,16-19H2,(H,28,29). The third kappa shape index (κ3) is 6.75. The Labute approximate surface area is 188 Å². The van der Waals surface area contributed by atoms with Crippen molar-refractivity contribution in [2.75, 3.05) is 30.4 Å². The van der Waals surface area contributed by atoms with Crippen LogP contribution in [0.1, 0.15) is 18.4 Å². The van der Waals surface area contributed by atoms with Crippen LogP contribution in [-0.2, 0) is 16.1 Å². The second-order valence-electron chi connectivity index (χ2n) is 7.67. The van der Waals surface area contributed by atoms with Gasteiger partial charge in [0.05, 0.1) is 12.6 Å². The summed E-state index contributed by atoms with van der Waals surface area (Å²) in [4.78, 5) is 12.3. The zero-order chi connectivity index (χ0) is 22.0. The van der Waals surface area contributed by atoms with E-state index in [0.29, 0.717) is 13.2 Å². The van der Waals surface area contributed by atoms with E-state index >= 15 is 0 Å². The van der Waals surface area contributed by atoms with Crippen molar-refractivity contribution in [1.82, 2.24) is 0 Å². The van der Waals surface area contributed by atoms with Crippen molar-refractivity contribution in [1.29, 1.82) is 0 Å². The highest BCUT2D eigenvalue weighted by Crippen LogP contribution is 2.19. The fourth-order valence-electron chi connectivity index (χ4n) is 3.40. The van der Waals surface area contributed by atoms with Gasteiger partial charge >= 0.3 is 0 Å². The monoisotopic (exact) mass is 432 g/mol. The van der Waals surface area contributed by atoms with Crippen molar-refractivity contribution < 1.29 is 19.0 Å². The zero-order valence-electron chi connectivity index (χ0n) is 18.0. The van der Waals surface area contributed by atoms with E-state index in [0.717, 1.165) is 47.9 Å². The van der Waals surface area contributed by atoms with Crippen LogP contribution in [0.3, 0.4) is 0 Å². The van der Waals surface area contributed by atoms with Gasteiger partial charge in [-0.25, -0.2) is 0 Å². The molecule has 1 aliphatic heterocycles. The number of nitrogens with one attached hydrogen (secondary N) is 2. The Morgan fingerprint density at radius 2 is 1.56 bits per heavy atom. The Balaban J connectivity index is 1.17. The number of anilines is 2. The van der Waals surface area contributed by atoms with Crippen LogP contribution in [0.15, 0.2) is 78.9 Å². The van der Waals surface area contributed by atoms with E-state index in [4.69, 9.17) is 14.2 Å². The molecule has 166 valence electrons. The third-order valence-electron chi connectivity index (χ3n) is 5.15. The Kier molecular flexibility index (Phi) is 7.60. The van der Waals surface area contributed by atoms with E-state index in [1.165, 1.54) is 0 Å². The summed E-state index contributed by atoms with van der Waals surface area (Å²) in [5, 5.41) is 6.00. The summed E-state index contributed by atoms with van der Waals surface area (Å²) in [6.07, 6.45) is 2.35. The molecule has 1 fully saturated rings. The SMILES string of the molecule is O=C(CNc1ccc(OCC2CCCO2)cc1)Nc1ccc(OCc2ccccc2)cc1. The molecule has 1 aliphatic rings. The van der Waals surface area contributed by atoms with Gasteiger partial charge in [-0.05, 0) is 66.9 Å². The first-order valence-electron chi connectivity index (χ1n) is 10.9. The van der Waals surface area contributed by atoms with Gasteiger partial charge in [0.1, 0.15) is 24.7 Å². The van der Waals surface area contributed by atoms with E-state index in [1.54, 1.807) is 0 Å². The molecule has 0 aliphatic carbocycles. The van der Waals surface area contributed by atoms with Crippen molar-refractivity contribution in [3.63, 3.8) is 0 Å². The Hall–Kier alpha value is -3.51. The molecular weight excluding hydrogens is 404 g/mol. The minimum atomic E-state index is -0.123. The molecule has 4 rings (SSSR count). The van der Waals surface area contributed by atoms with Crippen LogP contribution in [0.25, 0.3) is 0 Å². The number of ether oxygens (including phenoxy) is 3. The molecule has 0 bridgehead atoms. The topological polar surface area (TPSA) is 68.8 Å². The van der Waals surface area contributed by atoms with Gasteiger partial charge in [-0.1, -0.05) is 30.3 Å². The maximum Gasteiger partial charge on any atom is 0.243 e. The number of rotatable bonds is 10. The van der Waals surface area contributed by atoms with Gasteiger partial charge in [0, 0.05) is 18.0 Å². The van der Waals surface area contributed by atoms with Gasteiger partial charge in [0.15, 0.2) is 0 Å². The molecule has 1 heterocycles. The number of benzene rings is 3. The fraction of sp³-hybridized carbons (Fsp3) is 0.269. The first-order chi connectivity index (χ1) is 15.7. The molecule has 0 spiro atoms. The summed E-state index contributed by atoms with van der Waals surface area (Å²) in [6.45, 7) is 2.08. The number of carbonyl (C=O) groups is 1. The molecule has 6 nitrogen and oxygen atoms in total. The average Bonchev–Trinajstić information content (AvgIpc) is 3.36. The van der Waals surface area contributed by atoms with Crippen LogP contribution in [-0.4, -0.2) is 31.8 Å². The average molecular weight is 433 g/mol. The molecule has 1 saturated heterocycles. The predicted molar refractivity (Wildman–Crippen MR) is 125 cm³/mol. The molecule has 1 unspecified atom stereocenters. The Bertz CT molecular complexity index is 969. The molecule has 2 N–H and O–H groups in total. The Morgan fingerprint density at radius 1 is 0.875 bits per heavy atom. The normalized spacial score (nSPS) is 15.2. The summed E-state index contributed by atoms with van der Waals surface area (Å²) >= 11 is 0. The third-order valence-corrected chi connectivity index (χ3v) is 5.15. The van der Waals surface area contributed by atoms with E-state index in [9.17, 15) is 4.79 Å². The van der Waals surface area contributed by atoms with Crippen LogP contribution >= 0.6 is 0 Å². The lowest BCUT2D eigenvalue weighted by atomic mass is 10.2. The van der Waals surface area contributed by atoms with Gasteiger partial charge in [-0.2, -0.15) is 0 Å². The maximum atomic E-state index is 12.3. The largest absolute Gasteiger partial charge is 0.491 e. The molecule has 1 amide bonds. The van der Waals surface area contributed by atoms with Crippen molar-refractivity contribution in [3.05, 3.63) is 84.4 Å². The first kappa shape index (κ1) is 21.7. The summed E-state index contributed by atoms with van der Waals surface area (Å²) in [7, 11) is 0. The van der Waals surface area contributed by atoms with Gasteiger partial charge in [-0.3, -0.25) is 4.79 Å². The molecule has 3 aromatic carbocycles. The van der Waals surface area contributed by atoms with Gasteiger partial charge in [0.25, 0.3) is 0 Å². The van der Waals surface area contributed by atoms with Crippen molar-refractivity contribution in [3.8, 4) is 11.5 Å². The summed E-state index contributed by atoms with van der Waals surface area (Å²) in [5.74, 6) is 1.43. The molecule has 0 saturated carbocycles. The van der Waals surface area contributed by atoms with Crippen molar-refractivity contribution in [2.24, 2.45) is 0 Å². The van der Waals surface area contributed by atoms with Gasteiger partial charge in [0.2, 0.25) is 5.91 Å². The van der Waals surface area contributed by atoms with E-state index in [-0.39, 0.29) is 18.6 Å². The van der Waals surface area contributed by atoms with Crippen LogP contribution in [0.2, 0.25) is 0 Å². The maximum absolute atomic E-state index is 12.3. The van der Waals surface area contributed by atoms with E-state index < -0.39 is 0 Å². The lowest BCUT2D eigenvalue weighted by Crippen LogP contribution is -2.21. The highest BCUT2D eigenvalue weighted by molar-refractivity contribution is 5.93. The second-order valence-corrected chi connectivity index (χ2v) is 7.67. The second kappa shape index (κ2) is 11.2. The van der Waals surface area contributed by atoms with Crippen LogP contribution < -0.4 is 20.1 Å². The smallest absolute Gasteiger partial charge is 0.243 e. The molecule has 3 aromatic rings. The molecule has 0 radical (unpaired) electrons. The highest BCUT2D eigenvalue weighted by Gasteiger charge is 2.15. The molecule has 6 heteroatoms. The fourth-order valence-corrected chi connectivity index (χ4v) is 3.40. The number of hydrogen-bond donors (Lipinski definition) is 2. The molecule has 1 atom stereocenters. The minimum absolute atomic E-state index is 0.123. The number of carbonyl (C=O) groups excluding carboxylic acids is 1. The number of amides is 1. The first-order valence-corrected chi connectivity index (χ1v) is 10.9. The van der Waals surface area contributed by atoms with Crippen LogP contribution in [0.4, 0.5) is 11.4 Å². The van der Waals surface area contributed by atoms with E-state index in [1.807, 2.05) is 78.9 Å².